The topological polar surface area (TPSA) is 56.6 Å². The van der Waals surface area contributed by atoms with Crippen molar-refractivity contribution in [2.24, 2.45) is 0 Å². The maximum Gasteiger partial charge on any atom is 0.233 e. The van der Waals surface area contributed by atoms with Crippen molar-refractivity contribution in [1.82, 2.24) is 14.5 Å². The number of benzene rings is 2. The molecule has 0 spiro atoms. The predicted molar refractivity (Wildman–Crippen MR) is 112 cm³/mol. The van der Waals surface area contributed by atoms with Crippen LogP contribution in [0.4, 0.5) is 0 Å². The Morgan fingerprint density at radius 1 is 1.18 bits per heavy atom. The zero-order chi connectivity index (χ0) is 19.9. The molecule has 3 rings (SSSR count). The van der Waals surface area contributed by atoms with Gasteiger partial charge in [-0.25, -0.2) is 4.98 Å². The Balaban J connectivity index is 1.66. The third-order valence-corrected chi connectivity index (χ3v) is 5.40. The van der Waals surface area contributed by atoms with Gasteiger partial charge < -0.3 is 18.9 Å². The van der Waals surface area contributed by atoms with E-state index >= 15 is 0 Å². The van der Waals surface area contributed by atoms with Crippen LogP contribution >= 0.6 is 11.8 Å². The number of hydrogen-bond acceptors (Lipinski definition) is 5. The van der Waals surface area contributed by atoms with Crippen LogP contribution in [-0.2, 0) is 22.6 Å². The summed E-state index contributed by atoms with van der Waals surface area (Å²) in [5.74, 6) is 1.18. The largest absolute Gasteiger partial charge is 0.497 e. The molecule has 0 N–H and O–H groups in total. The summed E-state index contributed by atoms with van der Waals surface area (Å²) < 4.78 is 12.6. The van der Waals surface area contributed by atoms with E-state index in [2.05, 4.69) is 9.55 Å². The summed E-state index contributed by atoms with van der Waals surface area (Å²) in [5.41, 5.74) is 3.02. The van der Waals surface area contributed by atoms with Crippen LogP contribution in [0.2, 0.25) is 0 Å². The maximum absolute atomic E-state index is 12.6. The second-order valence-electron chi connectivity index (χ2n) is 6.42. The van der Waals surface area contributed by atoms with Crippen molar-refractivity contribution in [3.8, 4) is 5.75 Å². The molecular weight excluding hydrogens is 374 g/mol. The van der Waals surface area contributed by atoms with Crippen LogP contribution in [0.25, 0.3) is 11.0 Å². The average molecular weight is 400 g/mol. The van der Waals surface area contributed by atoms with E-state index < -0.39 is 0 Å². The van der Waals surface area contributed by atoms with Crippen molar-refractivity contribution < 1.29 is 14.3 Å². The highest BCUT2D eigenvalue weighted by Crippen LogP contribution is 2.24. The fourth-order valence-electron chi connectivity index (χ4n) is 2.93. The lowest BCUT2D eigenvalue weighted by molar-refractivity contribution is -0.127. The van der Waals surface area contributed by atoms with Crippen LogP contribution in [0.5, 0.6) is 5.75 Å². The Morgan fingerprint density at radius 3 is 2.79 bits per heavy atom. The molecule has 0 radical (unpaired) electrons. The highest BCUT2D eigenvalue weighted by atomic mass is 32.2. The van der Waals surface area contributed by atoms with E-state index in [9.17, 15) is 4.79 Å². The van der Waals surface area contributed by atoms with Crippen LogP contribution < -0.4 is 4.74 Å². The fourth-order valence-corrected chi connectivity index (χ4v) is 3.91. The second kappa shape index (κ2) is 9.61. The standard InChI is InChI=1S/C21H25N3O3S/c1-23(14-16-7-6-8-17(13-16)27-3)20(25)15-28-21-22-18-9-4-5-10-19(18)24(21)11-12-26-2/h4-10,13H,11-12,14-15H2,1-3H3. The van der Waals surface area contributed by atoms with E-state index in [4.69, 9.17) is 9.47 Å². The van der Waals surface area contributed by atoms with Gasteiger partial charge in [0.15, 0.2) is 5.16 Å². The Labute approximate surface area is 169 Å². The number of imidazole rings is 1. The smallest absolute Gasteiger partial charge is 0.233 e. The minimum absolute atomic E-state index is 0.0539. The number of rotatable bonds is 9. The molecule has 0 fully saturated rings. The molecule has 0 aliphatic rings. The highest BCUT2D eigenvalue weighted by molar-refractivity contribution is 7.99. The molecule has 28 heavy (non-hydrogen) atoms. The van der Waals surface area contributed by atoms with Gasteiger partial charge in [-0.1, -0.05) is 36.0 Å². The van der Waals surface area contributed by atoms with E-state index in [1.54, 1.807) is 19.1 Å². The molecule has 1 heterocycles. The van der Waals surface area contributed by atoms with Gasteiger partial charge in [0.05, 0.1) is 30.5 Å². The lowest BCUT2D eigenvalue weighted by Gasteiger charge is -2.17. The summed E-state index contributed by atoms with van der Waals surface area (Å²) in [5, 5.41) is 0.835. The third kappa shape index (κ3) is 4.85. The molecule has 0 atom stereocenters. The summed E-state index contributed by atoms with van der Waals surface area (Å²) in [7, 11) is 5.14. The van der Waals surface area contributed by atoms with Crippen LogP contribution in [-0.4, -0.2) is 54.0 Å². The molecule has 1 aromatic heterocycles. The van der Waals surface area contributed by atoms with Gasteiger partial charge in [-0.05, 0) is 29.8 Å². The summed E-state index contributed by atoms with van der Waals surface area (Å²) >= 11 is 1.46. The molecule has 0 aliphatic carbocycles. The number of amides is 1. The van der Waals surface area contributed by atoms with Crippen molar-refractivity contribution in [1.29, 1.82) is 0 Å². The number of hydrogen-bond donors (Lipinski definition) is 0. The number of para-hydroxylation sites is 2. The third-order valence-electron chi connectivity index (χ3n) is 4.44. The summed E-state index contributed by atoms with van der Waals surface area (Å²) in [6.45, 7) is 1.83. The summed E-state index contributed by atoms with van der Waals surface area (Å²) in [4.78, 5) is 19.0. The molecule has 2 aromatic carbocycles. The molecule has 0 unspecified atom stereocenters. The van der Waals surface area contributed by atoms with Crippen molar-refractivity contribution in [3.63, 3.8) is 0 Å². The SMILES string of the molecule is COCCn1c(SCC(=O)N(C)Cc2cccc(OC)c2)nc2ccccc21. The minimum Gasteiger partial charge on any atom is -0.497 e. The molecule has 7 heteroatoms. The fraction of sp³-hybridized carbons (Fsp3) is 0.333. The number of nitrogens with zero attached hydrogens (tertiary/aromatic N) is 3. The minimum atomic E-state index is 0.0539. The van der Waals surface area contributed by atoms with Crippen LogP contribution in [0.3, 0.4) is 0 Å². The number of carbonyl (C=O) groups is 1. The number of thioether (sulfide) groups is 1. The number of ether oxygens (including phenoxy) is 2. The first kappa shape index (κ1) is 20.2. The van der Waals surface area contributed by atoms with Crippen molar-refractivity contribution in [3.05, 3.63) is 54.1 Å². The monoisotopic (exact) mass is 399 g/mol. The normalized spacial score (nSPS) is 11.0. The number of methoxy groups -OCH3 is 2. The van der Waals surface area contributed by atoms with Crippen LogP contribution in [0.1, 0.15) is 5.56 Å². The second-order valence-corrected chi connectivity index (χ2v) is 7.36. The number of carbonyl (C=O) groups excluding carboxylic acids is 1. The first-order valence-electron chi connectivity index (χ1n) is 9.06. The maximum atomic E-state index is 12.6. The molecular formula is C21H25N3O3S. The van der Waals surface area contributed by atoms with Crippen LogP contribution in [0.15, 0.2) is 53.7 Å². The molecule has 0 bridgehead atoms. The first-order valence-corrected chi connectivity index (χ1v) is 10.0. The van der Waals surface area contributed by atoms with E-state index in [0.717, 1.165) is 27.5 Å². The molecule has 148 valence electrons. The predicted octanol–water partition coefficient (Wildman–Crippen LogP) is 3.44. The lowest BCUT2D eigenvalue weighted by Crippen LogP contribution is -2.28. The number of fused-ring (bicyclic) bond motifs is 1. The van der Waals surface area contributed by atoms with Gasteiger partial charge in [0.2, 0.25) is 5.91 Å². The Bertz CT molecular complexity index is 942. The van der Waals surface area contributed by atoms with Crippen molar-refractivity contribution in [2.75, 3.05) is 33.6 Å². The van der Waals surface area contributed by atoms with E-state index in [1.165, 1.54) is 11.8 Å². The van der Waals surface area contributed by atoms with Gasteiger partial charge in [-0.2, -0.15) is 0 Å². The van der Waals surface area contributed by atoms with E-state index in [-0.39, 0.29) is 5.91 Å². The summed E-state index contributed by atoms with van der Waals surface area (Å²) in [6, 6.07) is 15.8. The van der Waals surface area contributed by atoms with Crippen molar-refractivity contribution in [2.45, 2.75) is 18.2 Å². The van der Waals surface area contributed by atoms with E-state index in [1.807, 2.05) is 55.6 Å². The Kier molecular flexibility index (Phi) is 6.95. The Morgan fingerprint density at radius 2 is 2.00 bits per heavy atom. The molecule has 1 amide bonds. The van der Waals surface area contributed by atoms with Gasteiger partial charge in [0.1, 0.15) is 5.75 Å². The van der Waals surface area contributed by atoms with Gasteiger partial charge >= 0.3 is 0 Å². The van der Waals surface area contributed by atoms with Gasteiger partial charge in [0, 0.05) is 27.2 Å². The van der Waals surface area contributed by atoms with Gasteiger partial charge in [-0.3, -0.25) is 4.79 Å². The molecule has 0 saturated heterocycles. The molecule has 6 nitrogen and oxygen atoms in total. The quantitative estimate of drug-likeness (QED) is 0.516. The number of aromatic nitrogens is 2. The lowest BCUT2D eigenvalue weighted by atomic mass is 10.2. The average Bonchev–Trinajstić information content (AvgIpc) is 3.07. The van der Waals surface area contributed by atoms with E-state index in [0.29, 0.717) is 25.4 Å². The highest BCUT2D eigenvalue weighted by Gasteiger charge is 2.15. The van der Waals surface area contributed by atoms with Crippen molar-refractivity contribution >= 4 is 28.7 Å². The van der Waals surface area contributed by atoms with Crippen LogP contribution in [0, 0.1) is 0 Å². The molecule has 0 aliphatic heterocycles. The zero-order valence-corrected chi connectivity index (χ0v) is 17.2. The summed E-state index contributed by atoms with van der Waals surface area (Å²) in [6.07, 6.45) is 0. The van der Waals surface area contributed by atoms with Gasteiger partial charge in [-0.15, -0.1) is 0 Å². The zero-order valence-electron chi connectivity index (χ0n) is 16.4. The first-order chi connectivity index (χ1) is 13.6. The Hall–Kier alpha value is -2.51. The molecule has 0 saturated carbocycles. The molecule has 3 aromatic rings. The van der Waals surface area contributed by atoms with Gasteiger partial charge in [0.25, 0.3) is 0 Å².